The van der Waals surface area contributed by atoms with E-state index in [1.54, 1.807) is 18.3 Å². The van der Waals surface area contributed by atoms with E-state index in [2.05, 4.69) is 4.98 Å². The minimum atomic E-state index is -0.368. The minimum Gasteiger partial charge on any atom is -0.485 e. The maximum Gasteiger partial charge on any atom is 0.139 e. The van der Waals surface area contributed by atoms with Crippen molar-refractivity contribution in [2.45, 2.75) is 6.92 Å². The molecule has 1 rings (SSSR count). The standard InChI is InChI=1S/C10H13FN2O.2ClH/c1-8-2-3-10(6-13-8)14-7-9(11)4-5-12;;/h2-4,6H,5,7,12H2,1H3;2*1H/b9-4+;;. The largest absolute Gasteiger partial charge is 0.485 e. The average molecular weight is 269 g/mol. The number of aromatic nitrogens is 1. The van der Waals surface area contributed by atoms with Gasteiger partial charge in [0.15, 0.2) is 0 Å². The first kappa shape index (κ1) is 17.6. The zero-order valence-corrected chi connectivity index (χ0v) is 10.5. The Hall–Kier alpha value is -0.840. The summed E-state index contributed by atoms with van der Waals surface area (Å²) in [6.07, 6.45) is 2.84. The lowest BCUT2D eigenvalue weighted by Crippen LogP contribution is -2.01. The molecule has 3 nitrogen and oxygen atoms in total. The molecule has 92 valence electrons. The molecule has 0 aliphatic carbocycles. The van der Waals surface area contributed by atoms with Gasteiger partial charge in [0.05, 0.1) is 6.20 Å². The fraction of sp³-hybridized carbons (Fsp3) is 0.300. The van der Waals surface area contributed by atoms with Crippen molar-refractivity contribution in [2.24, 2.45) is 5.73 Å². The lowest BCUT2D eigenvalue weighted by atomic mass is 10.4. The Kier molecular flexibility index (Phi) is 10.3. The lowest BCUT2D eigenvalue weighted by molar-refractivity contribution is 0.317. The zero-order valence-electron chi connectivity index (χ0n) is 8.85. The van der Waals surface area contributed by atoms with Crippen LogP contribution in [0.3, 0.4) is 0 Å². The van der Waals surface area contributed by atoms with E-state index in [0.717, 1.165) is 5.69 Å². The Labute approximate surface area is 107 Å². The highest BCUT2D eigenvalue weighted by Gasteiger charge is 1.97. The Balaban J connectivity index is 0. The van der Waals surface area contributed by atoms with Crippen molar-refractivity contribution in [3.8, 4) is 5.75 Å². The van der Waals surface area contributed by atoms with Gasteiger partial charge in [-0.05, 0) is 25.1 Å². The van der Waals surface area contributed by atoms with E-state index in [-0.39, 0.29) is 43.8 Å². The van der Waals surface area contributed by atoms with Gasteiger partial charge in [-0.1, -0.05) is 0 Å². The van der Waals surface area contributed by atoms with Crippen LogP contribution in [0.15, 0.2) is 30.2 Å². The summed E-state index contributed by atoms with van der Waals surface area (Å²) in [5.74, 6) is 0.184. The molecular weight excluding hydrogens is 254 g/mol. The number of aryl methyl sites for hydroxylation is 1. The third-order valence-electron chi connectivity index (χ3n) is 1.60. The molecule has 0 amide bonds. The second-order valence-corrected chi connectivity index (χ2v) is 2.81. The molecule has 2 N–H and O–H groups in total. The molecule has 0 saturated heterocycles. The number of nitrogens with two attached hydrogens (primary N) is 1. The molecule has 1 heterocycles. The van der Waals surface area contributed by atoms with Crippen LogP contribution in [-0.2, 0) is 0 Å². The van der Waals surface area contributed by atoms with E-state index in [0.29, 0.717) is 5.75 Å². The number of halogens is 3. The molecule has 0 spiro atoms. The lowest BCUT2D eigenvalue weighted by Gasteiger charge is -2.03. The van der Waals surface area contributed by atoms with E-state index in [1.165, 1.54) is 6.08 Å². The van der Waals surface area contributed by atoms with Crippen molar-refractivity contribution in [2.75, 3.05) is 13.2 Å². The topological polar surface area (TPSA) is 48.1 Å². The predicted molar refractivity (Wildman–Crippen MR) is 67.2 cm³/mol. The van der Waals surface area contributed by atoms with Crippen molar-refractivity contribution in [1.29, 1.82) is 0 Å². The van der Waals surface area contributed by atoms with E-state index in [1.807, 2.05) is 6.92 Å². The van der Waals surface area contributed by atoms with Gasteiger partial charge in [0.25, 0.3) is 0 Å². The summed E-state index contributed by atoms with van der Waals surface area (Å²) in [7, 11) is 0. The Morgan fingerprint density at radius 3 is 2.69 bits per heavy atom. The van der Waals surface area contributed by atoms with Crippen LogP contribution in [0.4, 0.5) is 4.39 Å². The van der Waals surface area contributed by atoms with Crippen LogP contribution in [0.5, 0.6) is 5.75 Å². The van der Waals surface area contributed by atoms with E-state index in [4.69, 9.17) is 10.5 Å². The van der Waals surface area contributed by atoms with Crippen molar-refractivity contribution in [3.05, 3.63) is 35.9 Å². The smallest absolute Gasteiger partial charge is 0.139 e. The van der Waals surface area contributed by atoms with Crippen LogP contribution in [0.25, 0.3) is 0 Å². The molecule has 0 atom stereocenters. The predicted octanol–water partition coefficient (Wildman–Crippen LogP) is 2.42. The summed E-state index contributed by atoms with van der Waals surface area (Å²) in [4.78, 5) is 4.01. The summed E-state index contributed by atoms with van der Waals surface area (Å²) in [6.45, 7) is 1.96. The van der Waals surface area contributed by atoms with Crippen LogP contribution in [0.2, 0.25) is 0 Å². The fourth-order valence-electron chi connectivity index (χ4n) is 0.879. The zero-order chi connectivity index (χ0) is 10.4. The van der Waals surface area contributed by atoms with Gasteiger partial charge in [0, 0.05) is 12.2 Å². The van der Waals surface area contributed by atoms with Crippen LogP contribution in [0, 0.1) is 6.92 Å². The number of hydrogen-bond acceptors (Lipinski definition) is 3. The number of pyridine rings is 1. The van der Waals surface area contributed by atoms with Crippen molar-refractivity contribution >= 4 is 24.8 Å². The molecule has 6 heteroatoms. The molecule has 1 aromatic rings. The monoisotopic (exact) mass is 268 g/mol. The second kappa shape index (κ2) is 9.39. The van der Waals surface area contributed by atoms with E-state index in [9.17, 15) is 4.39 Å². The molecule has 0 radical (unpaired) electrons. The van der Waals surface area contributed by atoms with Crippen LogP contribution in [0.1, 0.15) is 5.69 Å². The van der Waals surface area contributed by atoms with E-state index >= 15 is 0 Å². The Morgan fingerprint density at radius 2 is 2.19 bits per heavy atom. The quantitative estimate of drug-likeness (QED) is 0.913. The highest BCUT2D eigenvalue weighted by Crippen LogP contribution is 2.10. The van der Waals surface area contributed by atoms with Crippen molar-refractivity contribution in [3.63, 3.8) is 0 Å². The first-order valence-electron chi connectivity index (χ1n) is 4.32. The molecule has 0 aromatic carbocycles. The third-order valence-corrected chi connectivity index (χ3v) is 1.60. The summed E-state index contributed by atoms with van der Waals surface area (Å²) < 4.78 is 17.9. The number of ether oxygens (including phenoxy) is 1. The summed E-state index contributed by atoms with van der Waals surface area (Å²) in [5, 5.41) is 0. The highest BCUT2D eigenvalue weighted by atomic mass is 35.5. The maximum atomic E-state index is 12.8. The van der Waals surface area contributed by atoms with Crippen LogP contribution in [-0.4, -0.2) is 18.1 Å². The van der Waals surface area contributed by atoms with Gasteiger partial charge in [-0.3, -0.25) is 4.98 Å². The van der Waals surface area contributed by atoms with Gasteiger partial charge in [-0.2, -0.15) is 0 Å². The van der Waals surface area contributed by atoms with Gasteiger partial charge >= 0.3 is 0 Å². The van der Waals surface area contributed by atoms with Gasteiger partial charge in [0.2, 0.25) is 0 Å². The Morgan fingerprint density at radius 1 is 1.50 bits per heavy atom. The first-order chi connectivity index (χ1) is 6.72. The first-order valence-corrected chi connectivity index (χ1v) is 4.32. The molecule has 0 unspecified atom stereocenters. The molecule has 1 aromatic heterocycles. The number of hydrogen-bond donors (Lipinski definition) is 1. The molecule has 0 bridgehead atoms. The SMILES string of the molecule is Cc1ccc(OC/C(F)=C\CN)cn1.Cl.Cl. The van der Waals surface area contributed by atoms with Gasteiger partial charge in [0.1, 0.15) is 18.2 Å². The molecular formula is C10H15Cl2FN2O. The average Bonchev–Trinajstić information content (AvgIpc) is 2.17. The fourth-order valence-corrected chi connectivity index (χ4v) is 0.879. The molecule has 16 heavy (non-hydrogen) atoms. The molecule has 0 aliphatic rings. The van der Waals surface area contributed by atoms with Gasteiger partial charge < -0.3 is 10.5 Å². The van der Waals surface area contributed by atoms with Gasteiger partial charge in [-0.15, -0.1) is 24.8 Å². The summed E-state index contributed by atoms with van der Waals surface area (Å²) >= 11 is 0. The van der Waals surface area contributed by atoms with Crippen LogP contribution < -0.4 is 10.5 Å². The van der Waals surface area contributed by atoms with Crippen molar-refractivity contribution < 1.29 is 9.13 Å². The van der Waals surface area contributed by atoms with Crippen LogP contribution >= 0.6 is 24.8 Å². The minimum absolute atomic E-state index is 0. The van der Waals surface area contributed by atoms with Crippen molar-refractivity contribution in [1.82, 2.24) is 4.98 Å². The second-order valence-electron chi connectivity index (χ2n) is 2.81. The molecule has 0 saturated carbocycles. The summed E-state index contributed by atoms with van der Waals surface area (Å²) in [6, 6.07) is 3.55. The number of rotatable bonds is 4. The van der Waals surface area contributed by atoms with Gasteiger partial charge in [-0.25, -0.2) is 4.39 Å². The summed E-state index contributed by atoms with van der Waals surface area (Å²) in [5.41, 5.74) is 6.03. The number of nitrogens with zero attached hydrogens (tertiary/aromatic N) is 1. The third kappa shape index (κ3) is 6.61. The maximum absolute atomic E-state index is 12.8. The molecule has 0 aliphatic heterocycles. The normalized spacial score (nSPS) is 10.1. The highest BCUT2D eigenvalue weighted by molar-refractivity contribution is 5.85. The Bertz CT molecular complexity index is 317. The van der Waals surface area contributed by atoms with E-state index < -0.39 is 0 Å². The molecule has 0 fully saturated rings.